The summed E-state index contributed by atoms with van der Waals surface area (Å²) in [5, 5.41) is 3.22. The van der Waals surface area contributed by atoms with E-state index in [1.165, 1.54) is 31.1 Å². The van der Waals surface area contributed by atoms with Gasteiger partial charge in [-0.05, 0) is 55.7 Å². The highest BCUT2D eigenvalue weighted by atomic mass is 32.2. The Morgan fingerprint density at radius 2 is 1.62 bits per heavy atom. The predicted octanol–water partition coefficient (Wildman–Crippen LogP) is 3.19. The van der Waals surface area contributed by atoms with Crippen LogP contribution in [0.5, 0.6) is 0 Å². The molecule has 2 heterocycles. The number of rotatable bonds is 5. The quantitative estimate of drug-likeness (QED) is 0.870. The van der Waals surface area contributed by atoms with Gasteiger partial charge in [0.2, 0.25) is 10.0 Å². The fraction of sp³-hybridized carbons (Fsp3) is 0.353. The Labute approximate surface area is 143 Å². The van der Waals surface area contributed by atoms with Crippen molar-refractivity contribution in [2.24, 2.45) is 0 Å². The number of benzene rings is 1. The Kier molecular flexibility index (Phi) is 4.89. The van der Waals surface area contributed by atoms with Crippen molar-refractivity contribution in [3.63, 3.8) is 0 Å². The monoisotopic (exact) mass is 346 g/mol. The second-order valence-corrected chi connectivity index (χ2v) is 7.77. The molecule has 0 atom stereocenters. The van der Waals surface area contributed by atoms with Gasteiger partial charge in [0.25, 0.3) is 0 Å². The summed E-state index contributed by atoms with van der Waals surface area (Å²) in [6.45, 7) is 2.26. The molecule has 1 saturated heterocycles. The van der Waals surface area contributed by atoms with Gasteiger partial charge < -0.3 is 10.2 Å². The Balaban J connectivity index is 1.63. The van der Waals surface area contributed by atoms with E-state index in [0.29, 0.717) is 11.5 Å². The van der Waals surface area contributed by atoms with E-state index in [1.54, 1.807) is 12.1 Å². The molecule has 1 aromatic carbocycles. The van der Waals surface area contributed by atoms with E-state index in [0.717, 1.165) is 25.0 Å². The lowest BCUT2D eigenvalue weighted by atomic mass is 10.1. The molecule has 3 rings (SSSR count). The summed E-state index contributed by atoms with van der Waals surface area (Å²) in [4.78, 5) is 6.64. The molecule has 0 amide bonds. The van der Waals surface area contributed by atoms with Crippen molar-refractivity contribution < 1.29 is 8.42 Å². The van der Waals surface area contributed by atoms with Gasteiger partial charge in [-0.1, -0.05) is 0 Å². The zero-order chi connectivity index (χ0) is 17.0. The van der Waals surface area contributed by atoms with E-state index in [4.69, 9.17) is 0 Å². The smallest absolute Gasteiger partial charge is 0.229 e. The molecule has 24 heavy (non-hydrogen) atoms. The molecule has 1 aliphatic heterocycles. The number of pyridine rings is 1. The van der Waals surface area contributed by atoms with Gasteiger partial charge in [0.15, 0.2) is 0 Å². The molecule has 7 heteroatoms. The van der Waals surface area contributed by atoms with Crippen LogP contribution in [0.1, 0.15) is 19.3 Å². The largest absolute Gasteiger partial charge is 0.372 e. The fourth-order valence-electron chi connectivity index (χ4n) is 2.80. The van der Waals surface area contributed by atoms with E-state index >= 15 is 0 Å². The second-order valence-electron chi connectivity index (χ2n) is 6.03. The lowest BCUT2D eigenvalue weighted by Gasteiger charge is -2.28. The fourth-order valence-corrected chi connectivity index (χ4v) is 3.35. The van der Waals surface area contributed by atoms with Crippen LogP contribution in [0.25, 0.3) is 0 Å². The third-order valence-corrected chi connectivity index (χ3v) is 4.53. The molecule has 6 nitrogen and oxygen atoms in total. The first kappa shape index (κ1) is 16.6. The van der Waals surface area contributed by atoms with Crippen LogP contribution in [0.2, 0.25) is 0 Å². The van der Waals surface area contributed by atoms with E-state index < -0.39 is 10.0 Å². The summed E-state index contributed by atoms with van der Waals surface area (Å²) in [5.41, 5.74) is 2.65. The maximum atomic E-state index is 11.2. The summed E-state index contributed by atoms with van der Waals surface area (Å²) < 4.78 is 24.8. The standard InChI is InChI=1S/C17H22N4O2S/c1-24(22,23)20-15-7-10-17(18-13-15)19-14-5-8-16(9-6-14)21-11-3-2-4-12-21/h5-10,13,20H,2-4,11-12H2,1H3,(H,18,19). The SMILES string of the molecule is CS(=O)(=O)Nc1ccc(Nc2ccc(N3CCCCC3)cc2)nc1. The number of sulfonamides is 1. The molecule has 0 aliphatic carbocycles. The van der Waals surface area contributed by atoms with Crippen molar-refractivity contribution in [1.29, 1.82) is 0 Å². The first-order valence-electron chi connectivity index (χ1n) is 8.05. The summed E-state index contributed by atoms with van der Waals surface area (Å²) in [5.74, 6) is 0.666. The molecular weight excluding hydrogens is 324 g/mol. The van der Waals surface area contributed by atoms with Crippen molar-refractivity contribution in [2.75, 3.05) is 34.3 Å². The van der Waals surface area contributed by atoms with Crippen molar-refractivity contribution >= 4 is 32.9 Å². The average molecular weight is 346 g/mol. The maximum Gasteiger partial charge on any atom is 0.229 e. The normalized spacial score (nSPS) is 15.1. The zero-order valence-electron chi connectivity index (χ0n) is 13.7. The van der Waals surface area contributed by atoms with E-state index in [1.807, 2.05) is 12.1 Å². The summed E-state index contributed by atoms with van der Waals surface area (Å²) in [7, 11) is -3.28. The highest BCUT2D eigenvalue weighted by Crippen LogP contribution is 2.23. The van der Waals surface area contributed by atoms with Gasteiger partial charge in [-0.15, -0.1) is 0 Å². The molecule has 0 bridgehead atoms. The van der Waals surface area contributed by atoms with Crippen molar-refractivity contribution in [1.82, 2.24) is 4.98 Å². The first-order chi connectivity index (χ1) is 11.5. The van der Waals surface area contributed by atoms with Crippen LogP contribution in [0.3, 0.4) is 0 Å². The van der Waals surface area contributed by atoms with Gasteiger partial charge in [-0.25, -0.2) is 13.4 Å². The van der Waals surface area contributed by atoms with Crippen LogP contribution in [0, 0.1) is 0 Å². The number of piperidine rings is 1. The minimum absolute atomic E-state index is 0.448. The Morgan fingerprint density at radius 1 is 0.958 bits per heavy atom. The average Bonchev–Trinajstić information content (AvgIpc) is 2.57. The zero-order valence-corrected chi connectivity index (χ0v) is 14.5. The number of anilines is 4. The van der Waals surface area contributed by atoms with Crippen LogP contribution in [-0.4, -0.2) is 32.7 Å². The van der Waals surface area contributed by atoms with Crippen molar-refractivity contribution in [3.05, 3.63) is 42.6 Å². The first-order valence-corrected chi connectivity index (χ1v) is 9.95. The minimum Gasteiger partial charge on any atom is -0.372 e. The van der Waals surface area contributed by atoms with Gasteiger partial charge in [-0.2, -0.15) is 0 Å². The molecule has 1 aliphatic rings. The predicted molar refractivity (Wildman–Crippen MR) is 98.5 cm³/mol. The van der Waals surface area contributed by atoms with Crippen LogP contribution in [0.4, 0.5) is 22.9 Å². The number of nitrogens with zero attached hydrogens (tertiary/aromatic N) is 2. The third-order valence-electron chi connectivity index (χ3n) is 3.93. The molecule has 128 valence electrons. The third kappa shape index (κ3) is 4.61. The minimum atomic E-state index is -3.28. The summed E-state index contributed by atoms with van der Waals surface area (Å²) >= 11 is 0. The molecule has 0 radical (unpaired) electrons. The Bertz CT molecular complexity index is 767. The van der Waals surface area contributed by atoms with Gasteiger partial charge in [-0.3, -0.25) is 4.72 Å². The van der Waals surface area contributed by atoms with Gasteiger partial charge in [0.1, 0.15) is 5.82 Å². The summed E-state index contributed by atoms with van der Waals surface area (Å²) in [6, 6.07) is 11.7. The van der Waals surface area contributed by atoms with Crippen molar-refractivity contribution in [3.8, 4) is 0 Å². The molecule has 1 fully saturated rings. The van der Waals surface area contributed by atoms with E-state index in [-0.39, 0.29) is 0 Å². The molecular formula is C17H22N4O2S. The van der Waals surface area contributed by atoms with Crippen LogP contribution in [-0.2, 0) is 10.0 Å². The van der Waals surface area contributed by atoms with Crippen LogP contribution >= 0.6 is 0 Å². The highest BCUT2D eigenvalue weighted by molar-refractivity contribution is 7.92. The number of nitrogens with one attached hydrogen (secondary N) is 2. The number of aromatic nitrogens is 1. The lowest BCUT2D eigenvalue weighted by Crippen LogP contribution is -2.29. The van der Waals surface area contributed by atoms with E-state index in [9.17, 15) is 8.42 Å². The van der Waals surface area contributed by atoms with Gasteiger partial charge in [0, 0.05) is 24.5 Å². The number of hydrogen-bond acceptors (Lipinski definition) is 5. The topological polar surface area (TPSA) is 74.3 Å². The molecule has 2 aromatic rings. The molecule has 1 aromatic heterocycles. The van der Waals surface area contributed by atoms with Crippen molar-refractivity contribution in [2.45, 2.75) is 19.3 Å². The maximum absolute atomic E-state index is 11.2. The molecule has 0 spiro atoms. The second kappa shape index (κ2) is 7.09. The Morgan fingerprint density at radius 3 is 2.21 bits per heavy atom. The Hall–Kier alpha value is -2.28. The lowest BCUT2D eigenvalue weighted by molar-refractivity contribution is 0.578. The summed E-state index contributed by atoms with van der Waals surface area (Å²) in [6.07, 6.45) is 6.45. The molecule has 2 N–H and O–H groups in total. The van der Waals surface area contributed by atoms with Gasteiger partial charge in [0.05, 0.1) is 18.1 Å². The van der Waals surface area contributed by atoms with Gasteiger partial charge >= 0.3 is 0 Å². The number of hydrogen-bond donors (Lipinski definition) is 2. The van der Waals surface area contributed by atoms with Crippen LogP contribution in [0.15, 0.2) is 42.6 Å². The van der Waals surface area contributed by atoms with Crippen LogP contribution < -0.4 is 14.9 Å². The highest BCUT2D eigenvalue weighted by Gasteiger charge is 2.10. The molecule has 0 unspecified atom stereocenters. The molecule has 0 saturated carbocycles. The van der Waals surface area contributed by atoms with E-state index in [2.05, 4.69) is 32.1 Å².